The smallest absolute Gasteiger partial charge is 0.00680 e. The van der Waals surface area contributed by atoms with Gasteiger partial charge in [0.15, 0.2) is 0 Å². The maximum absolute atomic E-state index is 2.38. The van der Waals surface area contributed by atoms with E-state index in [1.807, 2.05) is 35.4 Å². The molecule has 0 N–H and O–H groups in total. The van der Waals surface area contributed by atoms with E-state index in [1.54, 1.807) is 0 Å². The molecule has 0 radical (unpaired) electrons. The fourth-order valence-electron chi connectivity index (χ4n) is 1.11. The Morgan fingerprint density at radius 1 is 1.18 bits per heavy atom. The van der Waals surface area contributed by atoms with Gasteiger partial charge in [0, 0.05) is 11.5 Å². The molecule has 1 aliphatic rings. The van der Waals surface area contributed by atoms with Gasteiger partial charge in [-0.25, -0.2) is 0 Å². The first-order valence-corrected chi connectivity index (χ1v) is 7.07. The van der Waals surface area contributed by atoms with Crippen molar-refractivity contribution in [3.05, 3.63) is 0 Å². The Balaban J connectivity index is 0.000000461. The topological polar surface area (TPSA) is 0 Å². The fraction of sp³-hybridized carbons (Fsp3) is 1.00. The van der Waals surface area contributed by atoms with E-state index in [9.17, 15) is 0 Å². The molecule has 0 spiro atoms. The van der Waals surface area contributed by atoms with Crippen LogP contribution in [-0.4, -0.2) is 11.5 Å². The Bertz CT molecular complexity index is 83.6. The van der Waals surface area contributed by atoms with Crippen molar-refractivity contribution in [1.82, 2.24) is 0 Å². The molecule has 0 aromatic rings. The van der Waals surface area contributed by atoms with Crippen molar-refractivity contribution >= 4 is 21.6 Å². The van der Waals surface area contributed by atoms with E-state index in [1.165, 1.54) is 17.9 Å². The Morgan fingerprint density at radius 2 is 1.73 bits per heavy atom. The van der Waals surface area contributed by atoms with Crippen LogP contribution in [0.2, 0.25) is 0 Å². The Morgan fingerprint density at radius 3 is 2.09 bits per heavy atom. The highest BCUT2D eigenvalue weighted by atomic mass is 33.1. The number of hydrogen-bond donors (Lipinski definition) is 0. The van der Waals surface area contributed by atoms with E-state index in [2.05, 4.69) is 13.8 Å². The predicted molar refractivity (Wildman–Crippen MR) is 59.2 cm³/mol. The molecule has 1 saturated heterocycles. The van der Waals surface area contributed by atoms with Crippen LogP contribution in [0.15, 0.2) is 0 Å². The molecule has 0 bridgehead atoms. The van der Waals surface area contributed by atoms with Crippen molar-refractivity contribution in [3.63, 3.8) is 0 Å². The van der Waals surface area contributed by atoms with E-state index in [4.69, 9.17) is 0 Å². The Kier molecular flexibility index (Phi) is 7.82. The third-order valence-corrected chi connectivity index (χ3v) is 4.73. The van der Waals surface area contributed by atoms with Gasteiger partial charge in [0.25, 0.3) is 0 Å². The van der Waals surface area contributed by atoms with Gasteiger partial charge >= 0.3 is 0 Å². The molecule has 2 unspecified atom stereocenters. The third kappa shape index (κ3) is 4.32. The zero-order valence-corrected chi connectivity index (χ0v) is 9.73. The molecular weight excluding hydrogens is 172 g/mol. The van der Waals surface area contributed by atoms with Crippen LogP contribution >= 0.6 is 21.6 Å². The Hall–Kier alpha value is 0.700. The third-order valence-electron chi connectivity index (χ3n) is 2.03. The van der Waals surface area contributed by atoms with Crippen LogP contribution in [-0.2, 0) is 0 Å². The van der Waals surface area contributed by atoms with Gasteiger partial charge in [-0.3, -0.25) is 0 Å². The number of rotatable bonds is 1. The van der Waals surface area contributed by atoms with Crippen molar-refractivity contribution in [2.45, 2.75) is 34.1 Å². The highest BCUT2D eigenvalue weighted by molar-refractivity contribution is 8.76. The van der Waals surface area contributed by atoms with Crippen LogP contribution in [0.4, 0.5) is 0 Å². The van der Waals surface area contributed by atoms with Crippen molar-refractivity contribution in [3.8, 4) is 0 Å². The van der Waals surface area contributed by atoms with Gasteiger partial charge in [0.2, 0.25) is 0 Å². The van der Waals surface area contributed by atoms with Crippen LogP contribution in [0, 0.1) is 11.8 Å². The van der Waals surface area contributed by atoms with E-state index in [0.717, 1.165) is 11.8 Å². The summed E-state index contributed by atoms with van der Waals surface area (Å²) in [4.78, 5) is 0. The number of hydrogen-bond acceptors (Lipinski definition) is 2. The van der Waals surface area contributed by atoms with Gasteiger partial charge in [-0.1, -0.05) is 55.7 Å². The van der Waals surface area contributed by atoms with Gasteiger partial charge in [0.05, 0.1) is 0 Å². The summed E-state index contributed by atoms with van der Waals surface area (Å²) in [5, 5.41) is 0. The second-order valence-electron chi connectivity index (χ2n) is 2.71. The molecule has 0 amide bonds. The van der Waals surface area contributed by atoms with E-state index in [0.29, 0.717) is 0 Å². The summed E-state index contributed by atoms with van der Waals surface area (Å²) in [6, 6.07) is 0. The van der Waals surface area contributed by atoms with Gasteiger partial charge in [-0.05, 0) is 11.8 Å². The van der Waals surface area contributed by atoms with Crippen LogP contribution < -0.4 is 0 Å². The lowest BCUT2D eigenvalue weighted by Crippen LogP contribution is -2.18. The molecule has 2 heteroatoms. The molecule has 2 atom stereocenters. The lowest BCUT2D eigenvalue weighted by molar-refractivity contribution is 0.420. The largest absolute Gasteiger partial charge is 0.0939 e. The first-order chi connectivity index (χ1) is 5.34. The first-order valence-electron chi connectivity index (χ1n) is 4.59. The minimum absolute atomic E-state index is 0.959. The van der Waals surface area contributed by atoms with Gasteiger partial charge in [-0.2, -0.15) is 0 Å². The lowest BCUT2D eigenvalue weighted by Gasteiger charge is -2.26. The maximum atomic E-state index is 2.38. The summed E-state index contributed by atoms with van der Waals surface area (Å²) in [6.07, 6.45) is 1.37. The van der Waals surface area contributed by atoms with E-state index in [-0.39, 0.29) is 0 Å². The molecular formula is C9H20S2. The van der Waals surface area contributed by atoms with Gasteiger partial charge in [-0.15, -0.1) is 0 Å². The molecule has 1 rings (SSSR count). The highest BCUT2D eigenvalue weighted by Crippen LogP contribution is 2.37. The van der Waals surface area contributed by atoms with Crippen molar-refractivity contribution in [2.75, 3.05) is 11.5 Å². The lowest BCUT2D eigenvalue weighted by atomic mass is 9.95. The molecule has 1 fully saturated rings. The van der Waals surface area contributed by atoms with Crippen LogP contribution in [0.3, 0.4) is 0 Å². The highest BCUT2D eigenvalue weighted by Gasteiger charge is 2.19. The normalized spacial score (nSPS) is 30.5. The molecule has 0 aromatic carbocycles. The standard InChI is InChI=1S/C7H14S2.C2H6/c1-3-7-5-9-8-4-6(7)2;1-2/h6-7H,3-5H2,1-2H3;1-2H3. The molecule has 1 aliphatic heterocycles. The minimum atomic E-state index is 0.959. The quantitative estimate of drug-likeness (QED) is 0.574. The van der Waals surface area contributed by atoms with E-state index < -0.39 is 0 Å². The van der Waals surface area contributed by atoms with Crippen molar-refractivity contribution < 1.29 is 0 Å². The SMILES string of the molecule is CC.CCC1CSSCC1C. The monoisotopic (exact) mass is 192 g/mol. The molecule has 0 aromatic heterocycles. The average molecular weight is 192 g/mol. The zero-order valence-electron chi connectivity index (χ0n) is 8.09. The second-order valence-corrected chi connectivity index (χ2v) is 5.27. The molecule has 11 heavy (non-hydrogen) atoms. The summed E-state index contributed by atoms with van der Waals surface area (Å²) in [5.41, 5.74) is 0. The van der Waals surface area contributed by atoms with Crippen LogP contribution in [0.25, 0.3) is 0 Å². The zero-order chi connectivity index (χ0) is 8.69. The molecule has 0 saturated carbocycles. The summed E-state index contributed by atoms with van der Waals surface area (Å²) in [7, 11) is 4.09. The fourth-order valence-corrected chi connectivity index (χ4v) is 4.28. The summed E-state index contributed by atoms with van der Waals surface area (Å²) >= 11 is 0. The molecule has 0 nitrogen and oxygen atoms in total. The average Bonchev–Trinajstić information content (AvgIpc) is 2.09. The van der Waals surface area contributed by atoms with E-state index >= 15 is 0 Å². The first kappa shape index (κ1) is 11.7. The summed E-state index contributed by atoms with van der Waals surface area (Å²) in [5.74, 6) is 4.70. The van der Waals surface area contributed by atoms with Crippen LogP contribution in [0.1, 0.15) is 34.1 Å². The Labute approximate surface area is 79.3 Å². The van der Waals surface area contributed by atoms with Crippen molar-refractivity contribution in [2.24, 2.45) is 11.8 Å². The second kappa shape index (κ2) is 7.35. The maximum Gasteiger partial charge on any atom is 0.00680 e. The molecule has 0 aliphatic carbocycles. The molecule has 1 heterocycles. The predicted octanol–water partition coefficient (Wildman–Crippen LogP) is 4.07. The summed E-state index contributed by atoms with van der Waals surface area (Å²) < 4.78 is 0. The minimum Gasteiger partial charge on any atom is -0.0939 e. The van der Waals surface area contributed by atoms with Gasteiger partial charge in [0.1, 0.15) is 0 Å². The summed E-state index contributed by atoms with van der Waals surface area (Å²) in [6.45, 7) is 8.68. The van der Waals surface area contributed by atoms with Crippen LogP contribution in [0.5, 0.6) is 0 Å². The van der Waals surface area contributed by atoms with Crippen molar-refractivity contribution in [1.29, 1.82) is 0 Å². The van der Waals surface area contributed by atoms with Gasteiger partial charge < -0.3 is 0 Å². The molecule has 68 valence electrons.